The lowest BCUT2D eigenvalue weighted by Gasteiger charge is -2.18. The van der Waals surface area contributed by atoms with Crippen molar-refractivity contribution >= 4 is 17.4 Å². The Bertz CT molecular complexity index is 611. The number of rotatable bonds is 7. The number of nitrogens with zero attached hydrogens (tertiary/aromatic N) is 3. The van der Waals surface area contributed by atoms with E-state index in [2.05, 4.69) is 20.2 Å². The van der Waals surface area contributed by atoms with Gasteiger partial charge in [-0.1, -0.05) is 13.8 Å². The van der Waals surface area contributed by atoms with Gasteiger partial charge in [0.25, 0.3) is 0 Å². The van der Waals surface area contributed by atoms with Crippen molar-refractivity contribution in [1.29, 1.82) is 0 Å². The second kappa shape index (κ2) is 8.27. The van der Waals surface area contributed by atoms with Crippen LogP contribution in [-0.4, -0.2) is 29.5 Å². The zero-order chi connectivity index (χ0) is 16.7. The molecule has 5 nitrogen and oxygen atoms in total. The van der Waals surface area contributed by atoms with Crippen LogP contribution in [0, 0.1) is 5.92 Å². The maximum atomic E-state index is 11.7. The number of carbonyl (C=O) groups excluding carboxylic acids is 1. The molecule has 2 heterocycles. The highest BCUT2D eigenvalue weighted by atomic mass is 16.1. The Labute approximate surface area is 137 Å². The molecule has 122 valence electrons. The summed E-state index contributed by atoms with van der Waals surface area (Å²) in [5, 5.41) is 2.87. The van der Waals surface area contributed by atoms with Crippen LogP contribution in [0.25, 0.3) is 0 Å². The number of hydrogen-bond donors (Lipinski definition) is 1. The number of likely N-dealkylation sites (N-methyl/N-ethyl adjacent to an activating group) is 1. The molecule has 0 spiro atoms. The minimum absolute atomic E-state index is 0.0283. The molecule has 0 aromatic carbocycles. The maximum absolute atomic E-state index is 11.7. The van der Waals surface area contributed by atoms with Gasteiger partial charge in [-0.05, 0) is 42.2 Å². The first-order valence-electron chi connectivity index (χ1n) is 7.90. The fraction of sp³-hybridized carbons (Fsp3) is 0.389. The lowest BCUT2D eigenvalue weighted by atomic mass is 10.1. The molecule has 0 saturated carbocycles. The van der Waals surface area contributed by atoms with Gasteiger partial charge in [0.05, 0.1) is 11.9 Å². The molecule has 5 heteroatoms. The van der Waals surface area contributed by atoms with Crippen LogP contribution in [-0.2, 0) is 11.2 Å². The van der Waals surface area contributed by atoms with E-state index in [9.17, 15) is 4.79 Å². The van der Waals surface area contributed by atoms with Crippen LogP contribution in [0.2, 0.25) is 0 Å². The van der Waals surface area contributed by atoms with E-state index in [-0.39, 0.29) is 5.91 Å². The highest BCUT2D eigenvalue weighted by molar-refractivity contribution is 5.90. The fourth-order valence-corrected chi connectivity index (χ4v) is 2.23. The molecule has 1 N–H and O–H groups in total. The molecular weight excluding hydrogens is 288 g/mol. The van der Waals surface area contributed by atoms with Gasteiger partial charge >= 0.3 is 0 Å². The van der Waals surface area contributed by atoms with Gasteiger partial charge in [-0.15, -0.1) is 0 Å². The average Bonchev–Trinajstić information content (AvgIpc) is 2.53. The Morgan fingerprint density at radius 3 is 2.57 bits per heavy atom. The second-order valence-electron chi connectivity index (χ2n) is 6.08. The molecule has 0 aliphatic rings. The van der Waals surface area contributed by atoms with Crippen LogP contribution < -0.4 is 10.2 Å². The molecule has 0 atom stereocenters. The normalized spacial score (nSPS) is 10.6. The molecule has 23 heavy (non-hydrogen) atoms. The van der Waals surface area contributed by atoms with Crippen LogP contribution in [0.5, 0.6) is 0 Å². The SMILES string of the molecule is CC(C)CC(=O)Nc1ccc(N(C)CCc2ccncc2)nc1. The van der Waals surface area contributed by atoms with Crippen LogP contribution in [0.1, 0.15) is 25.8 Å². The Hall–Kier alpha value is -2.43. The molecule has 0 aliphatic heterocycles. The molecule has 2 rings (SSSR count). The van der Waals surface area contributed by atoms with Crippen molar-refractivity contribution in [1.82, 2.24) is 9.97 Å². The van der Waals surface area contributed by atoms with Gasteiger partial charge in [0.2, 0.25) is 5.91 Å². The van der Waals surface area contributed by atoms with E-state index in [0.717, 1.165) is 24.5 Å². The fourth-order valence-electron chi connectivity index (χ4n) is 2.23. The monoisotopic (exact) mass is 312 g/mol. The van der Waals surface area contributed by atoms with Crippen molar-refractivity contribution in [3.05, 3.63) is 48.4 Å². The second-order valence-corrected chi connectivity index (χ2v) is 6.08. The van der Waals surface area contributed by atoms with Crippen LogP contribution in [0.15, 0.2) is 42.9 Å². The van der Waals surface area contributed by atoms with Crippen molar-refractivity contribution in [2.45, 2.75) is 26.7 Å². The number of nitrogens with one attached hydrogen (secondary N) is 1. The van der Waals surface area contributed by atoms with Gasteiger partial charge in [-0.25, -0.2) is 4.98 Å². The van der Waals surface area contributed by atoms with Gasteiger partial charge in [0.15, 0.2) is 0 Å². The Balaban J connectivity index is 1.87. The lowest BCUT2D eigenvalue weighted by molar-refractivity contribution is -0.116. The highest BCUT2D eigenvalue weighted by Crippen LogP contribution is 2.14. The van der Waals surface area contributed by atoms with E-state index in [0.29, 0.717) is 12.3 Å². The summed E-state index contributed by atoms with van der Waals surface area (Å²) in [5.74, 6) is 1.27. The average molecular weight is 312 g/mol. The molecule has 2 aromatic heterocycles. The summed E-state index contributed by atoms with van der Waals surface area (Å²) in [6, 6.07) is 7.87. The zero-order valence-corrected chi connectivity index (χ0v) is 14.0. The van der Waals surface area contributed by atoms with E-state index >= 15 is 0 Å². The third kappa shape index (κ3) is 5.70. The van der Waals surface area contributed by atoms with Crippen molar-refractivity contribution in [2.24, 2.45) is 5.92 Å². The lowest BCUT2D eigenvalue weighted by Crippen LogP contribution is -2.21. The standard InChI is InChI=1S/C18H24N4O/c1-14(2)12-18(23)21-16-4-5-17(20-13-16)22(3)11-8-15-6-9-19-10-7-15/h4-7,9-10,13-14H,8,11-12H2,1-3H3,(H,21,23). The zero-order valence-electron chi connectivity index (χ0n) is 14.0. The highest BCUT2D eigenvalue weighted by Gasteiger charge is 2.07. The summed E-state index contributed by atoms with van der Waals surface area (Å²) >= 11 is 0. The number of aromatic nitrogens is 2. The Kier molecular flexibility index (Phi) is 6.09. The van der Waals surface area contributed by atoms with E-state index in [1.54, 1.807) is 6.20 Å². The minimum Gasteiger partial charge on any atom is -0.359 e. The largest absolute Gasteiger partial charge is 0.359 e. The molecule has 0 radical (unpaired) electrons. The summed E-state index contributed by atoms with van der Waals surface area (Å²) in [4.78, 5) is 22.3. The summed E-state index contributed by atoms with van der Waals surface area (Å²) in [7, 11) is 2.01. The third-order valence-corrected chi connectivity index (χ3v) is 3.50. The first kappa shape index (κ1) is 16.9. The van der Waals surface area contributed by atoms with Gasteiger partial charge < -0.3 is 10.2 Å². The van der Waals surface area contributed by atoms with Crippen molar-refractivity contribution in [2.75, 3.05) is 23.8 Å². The topological polar surface area (TPSA) is 58.1 Å². The number of pyridine rings is 2. The number of anilines is 2. The van der Waals surface area contributed by atoms with Crippen LogP contribution in [0.3, 0.4) is 0 Å². The maximum Gasteiger partial charge on any atom is 0.224 e. The molecule has 0 fully saturated rings. The quantitative estimate of drug-likeness (QED) is 0.853. The number of carbonyl (C=O) groups is 1. The van der Waals surface area contributed by atoms with Crippen LogP contribution in [0.4, 0.5) is 11.5 Å². The molecule has 0 aliphatic carbocycles. The smallest absolute Gasteiger partial charge is 0.224 e. The molecule has 0 bridgehead atoms. The number of amides is 1. The van der Waals surface area contributed by atoms with Crippen LogP contribution >= 0.6 is 0 Å². The van der Waals surface area contributed by atoms with Crippen molar-refractivity contribution in [3.8, 4) is 0 Å². The Morgan fingerprint density at radius 2 is 1.96 bits per heavy atom. The van der Waals surface area contributed by atoms with E-state index in [4.69, 9.17) is 0 Å². The summed E-state index contributed by atoms with van der Waals surface area (Å²) in [6.07, 6.45) is 6.78. The first-order chi connectivity index (χ1) is 11.0. The van der Waals surface area contributed by atoms with Gasteiger partial charge in [0.1, 0.15) is 5.82 Å². The molecule has 1 amide bonds. The molecule has 0 unspecified atom stereocenters. The molecule has 2 aromatic rings. The number of hydrogen-bond acceptors (Lipinski definition) is 4. The van der Waals surface area contributed by atoms with E-state index in [1.807, 2.05) is 57.6 Å². The van der Waals surface area contributed by atoms with Crippen molar-refractivity contribution in [3.63, 3.8) is 0 Å². The van der Waals surface area contributed by atoms with Gasteiger partial charge in [-0.2, -0.15) is 0 Å². The van der Waals surface area contributed by atoms with E-state index in [1.165, 1.54) is 5.56 Å². The van der Waals surface area contributed by atoms with Gasteiger partial charge in [0, 0.05) is 32.4 Å². The predicted octanol–water partition coefficient (Wildman–Crippen LogP) is 3.14. The Morgan fingerprint density at radius 1 is 1.22 bits per heavy atom. The summed E-state index contributed by atoms with van der Waals surface area (Å²) in [5.41, 5.74) is 1.99. The minimum atomic E-state index is 0.0283. The summed E-state index contributed by atoms with van der Waals surface area (Å²) < 4.78 is 0. The molecular formula is C18H24N4O. The summed E-state index contributed by atoms with van der Waals surface area (Å²) in [6.45, 7) is 4.92. The van der Waals surface area contributed by atoms with Crippen molar-refractivity contribution < 1.29 is 4.79 Å². The van der Waals surface area contributed by atoms with E-state index < -0.39 is 0 Å². The van der Waals surface area contributed by atoms with Gasteiger partial charge in [-0.3, -0.25) is 9.78 Å². The predicted molar refractivity (Wildman–Crippen MR) is 93.5 cm³/mol. The third-order valence-electron chi connectivity index (χ3n) is 3.50. The molecule has 0 saturated heterocycles. The first-order valence-corrected chi connectivity index (χ1v) is 7.90.